The van der Waals surface area contributed by atoms with Gasteiger partial charge in [-0.1, -0.05) is 12.1 Å². The maximum Gasteiger partial charge on any atom is 0.304 e. The number of carbonyl (C=O) groups is 2. The van der Waals surface area contributed by atoms with Gasteiger partial charge in [0.05, 0.1) is 12.8 Å². The van der Waals surface area contributed by atoms with Crippen LogP contribution in [0.4, 0.5) is 10.1 Å². The van der Waals surface area contributed by atoms with Gasteiger partial charge < -0.3 is 15.0 Å². The second-order valence-corrected chi connectivity index (χ2v) is 9.50. The third kappa shape index (κ3) is 6.42. The molecule has 0 saturated heterocycles. The standard InChI is InChI=1S/C22H29FN4O5S/c1-16(22(29)24-2)26(14-17-7-6-8-20(13-17)32-5)21(28)15-27(33(30,31)25(3)4)19-11-9-18(23)10-12-19/h6-13,16H,14-15H2,1-5H3,(H,24,29). The topological polar surface area (TPSA) is 99.3 Å². The Bertz CT molecular complexity index is 1080. The number of ether oxygens (including phenoxy) is 1. The van der Waals surface area contributed by atoms with Crippen molar-refractivity contribution in [2.75, 3.05) is 39.1 Å². The van der Waals surface area contributed by atoms with Gasteiger partial charge in [-0.3, -0.25) is 9.59 Å². The smallest absolute Gasteiger partial charge is 0.304 e. The summed E-state index contributed by atoms with van der Waals surface area (Å²) < 4.78 is 46.4. The summed E-state index contributed by atoms with van der Waals surface area (Å²) >= 11 is 0. The van der Waals surface area contributed by atoms with Gasteiger partial charge in [-0.15, -0.1) is 0 Å². The van der Waals surface area contributed by atoms with Crippen LogP contribution in [0.15, 0.2) is 48.5 Å². The average Bonchev–Trinajstić information content (AvgIpc) is 2.80. The van der Waals surface area contributed by atoms with Crippen LogP contribution in [-0.4, -0.2) is 70.3 Å². The van der Waals surface area contributed by atoms with E-state index in [1.807, 2.05) is 0 Å². The van der Waals surface area contributed by atoms with Crippen LogP contribution in [0, 0.1) is 5.82 Å². The SMILES string of the molecule is CNC(=O)C(C)N(Cc1cccc(OC)c1)C(=O)CN(c1ccc(F)cc1)S(=O)(=O)N(C)C. The van der Waals surface area contributed by atoms with Gasteiger partial charge in [-0.25, -0.2) is 8.70 Å². The predicted octanol–water partition coefficient (Wildman–Crippen LogP) is 1.61. The maximum atomic E-state index is 13.4. The zero-order valence-electron chi connectivity index (χ0n) is 19.3. The van der Waals surface area contributed by atoms with E-state index in [2.05, 4.69) is 5.32 Å². The van der Waals surface area contributed by atoms with Crippen molar-refractivity contribution in [2.45, 2.75) is 19.5 Å². The van der Waals surface area contributed by atoms with E-state index < -0.39 is 40.4 Å². The second-order valence-electron chi connectivity index (χ2n) is 7.44. The normalized spacial score (nSPS) is 12.2. The van der Waals surface area contributed by atoms with Gasteiger partial charge in [-0.05, 0) is 48.9 Å². The van der Waals surface area contributed by atoms with Crippen molar-refractivity contribution in [3.8, 4) is 5.75 Å². The van der Waals surface area contributed by atoms with Gasteiger partial charge >= 0.3 is 10.2 Å². The molecule has 2 amide bonds. The number of halogens is 1. The molecule has 2 aromatic carbocycles. The van der Waals surface area contributed by atoms with Crippen molar-refractivity contribution in [2.24, 2.45) is 0 Å². The molecule has 0 fully saturated rings. The highest BCUT2D eigenvalue weighted by molar-refractivity contribution is 7.90. The van der Waals surface area contributed by atoms with Crippen molar-refractivity contribution in [1.29, 1.82) is 0 Å². The highest BCUT2D eigenvalue weighted by Crippen LogP contribution is 2.22. The number of nitrogens with one attached hydrogen (secondary N) is 1. The van der Waals surface area contributed by atoms with Gasteiger partial charge in [0, 0.05) is 27.7 Å². The molecule has 1 N–H and O–H groups in total. The highest BCUT2D eigenvalue weighted by Gasteiger charge is 2.32. The average molecular weight is 481 g/mol. The molecule has 1 unspecified atom stereocenters. The summed E-state index contributed by atoms with van der Waals surface area (Å²) in [4.78, 5) is 27.0. The first kappa shape index (κ1) is 26.1. The summed E-state index contributed by atoms with van der Waals surface area (Å²) in [6.07, 6.45) is 0. The first-order chi connectivity index (χ1) is 15.5. The van der Waals surface area contributed by atoms with Gasteiger partial charge in [0.25, 0.3) is 0 Å². The Morgan fingerprint density at radius 2 is 1.76 bits per heavy atom. The number of amides is 2. The van der Waals surface area contributed by atoms with Crippen molar-refractivity contribution in [1.82, 2.24) is 14.5 Å². The predicted molar refractivity (Wildman–Crippen MR) is 123 cm³/mol. The minimum atomic E-state index is -4.09. The second kappa shape index (κ2) is 11.1. The molecule has 0 heterocycles. The molecule has 9 nitrogen and oxygen atoms in total. The molecule has 180 valence electrons. The van der Waals surface area contributed by atoms with Crippen LogP contribution in [0.2, 0.25) is 0 Å². The monoisotopic (exact) mass is 480 g/mol. The molecule has 0 aliphatic rings. The van der Waals surface area contributed by atoms with Gasteiger partial charge in [0.15, 0.2) is 0 Å². The minimum Gasteiger partial charge on any atom is -0.497 e. The molecule has 0 spiro atoms. The van der Waals surface area contributed by atoms with Crippen LogP contribution in [-0.2, 0) is 26.3 Å². The Hall–Kier alpha value is -3.18. The fourth-order valence-corrected chi connectivity index (χ4v) is 4.14. The number of carbonyl (C=O) groups excluding carboxylic acids is 2. The first-order valence-electron chi connectivity index (χ1n) is 10.1. The number of hydrogen-bond donors (Lipinski definition) is 1. The number of methoxy groups -OCH3 is 1. The lowest BCUT2D eigenvalue weighted by Gasteiger charge is -2.32. The fourth-order valence-electron chi connectivity index (χ4n) is 3.08. The van der Waals surface area contributed by atoms with E-state index in [1.54, 1.807) is 31.2 Å². The minimum absolute atomic E-state index is 0.0455. The lowest BCUT2D eigenvalue weighted by molar-refractivity contribution is -0.139. The van der Waals surface area contributed by atoms with E-state index in [1.165, 1.54) is 45.3 Å². The highest BCUT2D eigenvalue weighted by atomic mass is 32.2. The van der Waals surface area contributed by atoms with Gasteiger partial charge in [0.1, 0.15) is 24.2 Å². The fraction of sp³-hybridized carbons (Fsp3) is 0.364. The molecule has 0 bridgehead atoms. The third-order valence-electron chi connectivity index (χ3n) is 5.03. The van der Waals surface area contributed by atoms with Crippen molar-refractivity contribution < 1.29 is 27.1 Å². The first-order valence-corrected chi connectivity index (χ1v) is 11.5. The molecule has 0 saturated carbocycles. The van der Waals surface area contributed by atoms with Crippen LogP contribution >= 0.6 is 0 Å². The summed E-state index contributed by atoms with van der Waals surface area (Å²) in [5.74, 6) is -0.977. The molecule has 33 heavy (non-hydrogen) atoms. The van der Waals surface area contributed by atoms with Gasteiger partial charge in [-0.2, -0.15) is 12.7 Å². The molecule has 1 atom stereocenters. The van der Waals surface area contributed by atoms with E-state index in [0.717, 1.165) is 20.7 Å². The van der Waals surface area contributed by atoms with Crippen molar-refractivity contribution in [3.63, 3.8) is 0 Å². The Morgan fingerprint density at radius 1 is 1.12 bits per heavy atom. The third-order valence-corrected chi connectivity index (χ3v) is 6.85. The van der Waals surface area contributed by atoms with E-state index in [-0.39, 0.29) is 12.2 Å². The Balaban J connectivity index is 2.44. The van der Waals surface area contributed by atoms with E-state index >= 15 is 0 Å². The van der Waals surface area contributed by atoms with Crippen LogP contribution in [0.5, 0.6) is 5.75 Å². The molecular weight excluding hydrogens is 451 g/mol. The summed E-state index contributed by atoms with van der Waals surface area (Å²) in [6.45, 7) is 1.01. The Kier molecular flexibility index (Phi) is 8.77. The quantitative estimate of drug-likeness (QED) is 0.557. The van der Waals surface area contributed by atoms with E-state index in [0.29, 0.717) is 11.3 Å². The number of rotatable bonds is 10. The zero-order valence-corrected chi connectivity index (χ0v) is 20.1. The largest absolute Gasteiger partial charge is 0.497 e. The van der Waals surface area contributed by atoms with E-state index in [4.69, 9.17) is 4.74 Å². The molecule has 2 rings (SSSR count). The number of anilines is 1. The summed E-state index contributed by atoms with van der Waals surface area (Å²) in [5.41, 5.74) is 0.814. The zero-order chi connectivity index (χ0) is 24.8. The molecule has 0 aliphatic carbocycles. The lowest BCUT2D eigenvalue weighted by atomic mass is 10.1. The molecule has 0 aliphatic heterocycles. The number of nitrogens with zero attached hydrogens (tertiary/aromatic N) is 3. The molecule has 0 radical (unpaired) electrons. The van der Waals surface area contributed by atoms with Crippen molar-refractivity contribution in [3.05, 3.63) is 59.9 Å². The molecule has 11 heteroatoms. The summed E-state index contributed by atoms with van der Waals surface area (Å²) in [5, 5.41) is 2.51. The lowest BCUT2D eigenvalue weighted by Crippen LogP contribution is -2.52. The molecule has 0 aromatic heterocycles. The number of benzene rings is 2. The molecule has 2 aromatic rings. The van der Waals surface area contributed by atoms with E-state index in [9.17, 15) is 22.4 Å². The number of hydrogen-bond acceptors (Lipinski definition) is 5. The van der Waals surface area contributed by atoms with Crippen LogP contribution in [0.3, 0.4) is 0 Å². The molecular formula is C22H29FN4O5S. The van der Waals surface area contributed by atoms with Crippen LogP contribution in [0.1, 0.15) is 12.5 Å². The van der Waals surface area contributed by atoms with Gasteiger partial charge in [0.2, 0.25) is 11.8 Å². The Labute approximate surface area is 193 Å². The van der Waals surface area contributed by atoms with Crippen LogP contribution in [0.25, 0.3) is 0 Å². The summed E-state index contributed by atoms with van der Waals surface area (Å²) in [6, 6.07) is 10.9. The Morgan fingerprint density at radius 3 is 2.30 bits per heavy atom. The summed E-state index contributed by atoms with van der Waals surface area (Å²) in [7, 11) is 1.54. The van der Waals surface area contributed by atoms with Crippen LogP contribution < -0.4 is 14.4 Å². The number of likely N-dealkylation sites (N-methyl/N-ethyl adjacent to an activating group) is 1. The maximum absolute atomic E-state index is 13.4. The van der Waals surface area contributed by atoms with Crippen molar-refractivity contribution >= 4 is 27.7 Å².